The van der Waals surface area contributed by atoms with E-state index in [9.17, 15) is 4.79 Å². The van der Waals surface area contributed by atoms with Crippen LogP contribution in [-0.4, -0.2) is 20.7 Å². The van der Waals surface area contributed by atoms with Gasteiger partial charge in [0.25, 0.3) is 5.91 Å². The molecule has 0 bridgehead atoms. The van der Waals surface area contributed by atoms with E-state index in [2.05, 4.69) is 15.4 Å². The van der Waals surface area contributed by atoms with Crippen LogP contribution in [0.1, 0.15) is 67.3 Å². The number of aromatic nitrogens is 3. The molecule has 112 valence electrons. The zero-order valence-corrected chi connectivity index (χ0v) is 12.6. The summed E-state index contributed by atoms with van der Waals surface area (Å²) in [7, 11) is 0. The molecule has 1 fully saturated rings. The van der Waals surface area contributed by atoms with E-state index in [1.807, 2.05) is 26.8 Å². The first kappa shape index (κ1) is 13.9. The third-order valence-corrected chi connectivity index (χ3v) is 3.66. The summed E-state index contributed by atoms with van der Waals surface area (Å²) in [5.74, 6) is 0.564. The van der Waals surface area contributed by atoms with Gasteiger partial charge in [0, 0.05) is 12.5 Å². The molecule has 0 aliphatic heterocycles. The molecule has 21 heavy (non-hydrogen) atoms. The van der Waals surface area contributed by atoms with E-state index in [4.69, 9.17) is 4.42 Å². The van der Waals surface area contributed by atoms with E-state index < -0.39 is 0 Å². The van der Waals surface area contributed by atoms with Gasteiger partial charge in [0.2, 0.25) is 0 Å². The van der Waals surface area contributed by atoms with Gasteiger partial charge >= 0.3 is 6.01 Å². The van der Waals surface area contributed by atoms with Crippen LogP contribution in [0.3, 0.4) is 0 Å². The number of hydrogen-bond donors (Lipinski definition) is 1. The molecule has 1 N–H and O–H groups in total. The highest BCUT2D eigenvalue weighted by atomic mass is 16.4. The number of amides is 1. The molecule has 6 heteroatoms. The molecule has 2 heterocycles. The monoisotopic (exact) mass is 288 g/mol. The Kier molecular flexibility index (Phi) is 3.53. The summed E-state index contributed by atoms with van der Waals surface area (Å²) in [6, 6.07) is 2.11. The van der Waals surface area contributed by atoms with Gasteiger partial charge in [-0.3, -0.25) is 14.8 Å². The molecule has 0 radical (unpaired) electrons. The van der Waals surface area contributed by atoms with Gasteiger partial charge in [-0.15, -0.1) is 0 Å². The minimum absolute atomic E-state index is 0.228. The average molecular weight is 288 g/mol. The van der Waals surface area contributed by atoms with Crippen LogP contribution >= 0.6 is 0 Å². The highest BCUT2D eigenvalue weighted by Gasteiger charge is 2.28. The summed E-state index contributed by atoms with van der Waals surface area (Å²) in [4.78, 5) is 16.6. The predicted octanol–water partition coefficient (Wildman–Crippen LogP) is 3.14. The van der Waals surface area contributed by atoms with Gasteiger partial charge in [-0.2, -0.15) is 10.1 Å². The molecule has 2 aromatic heterocycles. The van der Waals surface area contributed by atoms with Crippen LogP contribution in [0.25, 0.3) is 0 Å². The van der Waals surface area contributed by atoms with Crippen LogP contribution in [0.5, 0.6) is 0 Å². The Labute approximate surface area is 123 Å². The minimum atomic E-state index is -0.228. The Morgan fingerprint density at radius 3 is 2.86 bits per heavy atom. The minimum Gasteiger partial charge on any atom is -0.432 e. The van der Waals surface area contributed by atoms with Crippen LogP contribution in [0.4, 0.5) is 6.01 Å². The smallest absolute Gasteiger partial charge is 0.301 e. The number of nitrogens with one attached hydrogen (secondary N) is 1. The Balaban J connectivity index is 1.77. The number of carbonyl (C=O) groups is 1. The van der Waals surface area contributed by atoms with Gasteiger partial charge in [-0.25, -0.2) is 0 Å². The molecule has 0 aromatic carbocycles. The molecule has 0 unspecified atom stereocenters. The Morgan fingerprint density at radius 1 is 1.52 bits per heavy atom. The maximum atomic E-state index is 12.4. The molecular weight excluding hydrogens is 268 g/mol. The Bertz CT molecular complexity index is 652. The highest BCUT2D eigenvalue weighted by Crippen LogP contribution is 2.39. The summed E-state index contributed by atoms with van der Waals surface area (Å²) in [6.45, 7) is 6.69. The maximum Gasteiger partial charge on any atom is 0.301 e. The number of nitrogens with zero attached hydrogens (tertiary/aromatic N) is 3. The van der Waals surface area contributed by atoms with Crippen molar-refractivity contribution in [2.75, 3.05) is 5.32 Å². The first-order valence-electron chi connectivity index (χ1n) is 7.43. The summed E-state index contributed by atoms with van der Waals surface area (Å²) in [5, 5.41) is 7.19. The van der Waals surface area contributed by atoms with Crippen LogP contribution in [0.2, 0.25) is 0 Å². The fourth-order valence-corrected chi connectivity index (χ4v) is 2.21. The molecule has 2 aromatic rings. The SMILES string of the molecule is CCn1nc(C2CC2)cc1C(=O)Nc1nc(C(C)C)co1. The van der Waals surface area contributed by atoms with Crippen molar-refractivity contribution in [3.63, 3.8) is 0 Å². The van der Waals surface area contributed by atoms with E-state index in [0.29, 0.717) is 18.2 Å². The van der Waals surface area contributed by atoms with Crippen molar-refractivity contribution < 1.29 is 9.21 Å². The number of aryl methyl sites for hydroxylation is 1. The standard InChI is InChI=1S/C15H20N4O2/c1-4-19-13(7-11(18-19)10-5-6-10)14(20)17-15-16-12(8-21-15)9(2)3/h7-10H,4-6H2,1-3H3,(H,16,17,20). The number of carbonyl (C=O) groups excluding carboxylic acids is 1. The van der Waals surface area contributed by atoms with E-state index >= 15 is 0 Å². The number of hydrogen-bond acceptors (Lipinski definition) is 4. The summed E-state index contributed by atoms with van der Waals surface area (Å²) < 4.78 is 7.02. The highest BCUT2D eigenvalue weighted by molar-refractivity contribution is 6.02. The second-order valence-corrected chi connectivity index (χ2v) is 5.73. The third-order valence-electron chi connectivity index (χ3n) is 3.66. The van der Waals surface area contributed by atoms with Gasteiger partial charge in [0.15, 0.2) is 0 Å². The molecule has 0 atom stereocenters. The molecule has 1 amide bonds. The van der Waals surface area contributed by atoms with E-state index in [1.165, 1.54) is 12.8 Å². The molecule has 3 rings (SSSR count). The number of oxazole rings is 1. The topological polar surface area (TPSA) is 73.0 Å². The van der Waals surface area contributed by atoms with Crippen molar-refractivity contribution in [2.24, 2.45) is 0 Å². The zero-order valence-electron chi connectivity index (χ0n) is 12.6. The van der Waals surface area contributed by atoms with Crippen LogP contribution in [0, 0.1) is 0 Å². The molecule has 1 aliphatic rings. The zero-order chi connectivity index (χ0) is 15.0. The van der Waals surface area contributed by atoms with Crippen molar-refractivity contribution in [3.05, 3.63) is 29.4 Å². The van der Waals surface area contributed by atoms with Gasteiger partial charge in [0.1, 0.15) is 12.0 Å². The van der Waals surface area contributed by atoms with Gasteiger partial charge in [-0.05, 0) is 31.7 Å². The summed E-state index contributed by atoms with van der Waals surface area (Å²) in [6.07, 6.45) is 3.91. The van der Waals surface area contributed by atoms with Crippen molar-refractivity contribution in [2.45, 2.75) is 52.0 Å². The van der Waals surface area contributed by atoms with Crippen LogP contribution < -0.4 is 5.32 Å². The van der Waals surface area contributed by atoms with Gasteiger partial charge in [-0.1, -0.05) is 13.8 Å². The quantitative estimate of drug-likeness (QED) is 0.917. The van der Waals surface area contributed by atoms with Crippen molar-refractivity contribution >= 4 is 11.9 Å². The summed E-state index contributed by atoms with van der Waals surface area (Å²) >= 11 is 0. The fourth-order valence-electron chi connectivity index (χ4n) is 2.21. The fraction of sp³-hybridized carbons (Fsp3) is 0.533. The normalized spacial score (nSPS) is 14.7. The molecule has 1 saturated carbocycles. The largest absolute Gasteiger partial charge is 0.432 e. The van der Waals surface area contributed by atoms with Crippen molar-refractivity contribution in [1.82, 2.24) is 14.8 Å². The van der Waals surface area contributed by atoms with Crippen LogP contribution in [0.15, 0.2) is 16.7 Å². The van der Waals surface area contributed by atoms with E-state index in [-0.39, 0.29) is 17.8 Å². The lowest BCUT2D eigenvalue weighted by Crippen LogP contribution is -2.17. The third kappa shape index (κ3) is 2.84. The lowest BCUT2D eigenvalue weighted by Gasteiger charge is -2.03. The summed E-state index contributed by atoms with van der Waals surface area (Å²) in [5.41, 5.74) is 2.40. The van der Waals surface area contributed by atoms with Gasteiger partial charge < -0.3 is 4.42 Å². The predicted molar refractivity (Wildman–Crippen MR) is 78.4 cm³/mol. The molecular formula is C15H20N4O2. The Hall–Kier alpha value is -2.11. The van der Waals surface area contributed by atoms with E-state index in [0.717, 1.165) is 11.4 Å². The second kappa shape index (κ2) is 5.35. The van der Waals surface area contributed by atoms with Gasteiger partial charge in [0.05, 0.1) is 11.4 Å². The molecule has 6 nitrogen and oxygen atoms in total. The number of rotatable bonds is 5. The van der Waals surface area contributed by atoms with Crippen LogP contribution in [-0.2, 0) is 6.54 Å². The second-order valence-electron chi connectivity index (χ2n) is 5.73. The maximum absolute atomic E-state index is 12.4. The Morgan fingerprint density at radius 2 is 2.29 bits per heavy atom. The number of anilines is 1. The molecule has 1 aliphatic carbocycles. The van der Waals surface area contributed by atoms with Crippen molar-refractivity contribution in [1.29, 1.82) is 0 Å². The lowest BCUT2D eigenvalue weighted by molar-refractivity contribution is 0.101. The molecule has 0 saturated heterocycles. The van der Waals surface area contributed by atoms with Crippen molar-refractivity contribution in [3.8, 4) is 0 Å². The first-order chi connectivity index (χ1) is 10.1. The lowest BCUT2D eigenvalue weighted by atomic mass is 10.2. The van der Waals surface area contributed by atoms with E-state index in [1.54, 1.807) is 10.9 Å². The average Bonchev–Trinajstić information content (AvgIpc) is 3.03. The molecule has 0 spiro atoms. The first-order valence-corrected chi connectivity index (χ1v) is 7.43.